The molecule has 1 heterocycles. The first-order valence-corrected chi connectivity index (χ1v) is 7.99. The van der Waals surface area contributed by atoms with Gasteiger partial charge >= 0.3 is 0 Å². The van der Waals surface area contributed by atoms with E-state index < -0.39 is 5.91 Å². The van der Waals surface area contributed by atoms with Crippen molar-refractivity contribution in [2.75, 3.05) is 0 Å². The van der Waals surface area contributed by atoms with Gasteiger partial charge < -0.3 is 5.73 Å². The predicted molar refractivity (Wildman–Crippen MR) is 93.0 cm³/mol. The smallest absolute Gasteiger partial charge is 0.288 e. The Morgan fingerprint density at radius 2 is 1.78 bits per heavy atom. The number of halogens is 3. The molecule has 0 fully saturated rings. The second-order valence-electron chi connectivity index (χ2n) is 4.64. The minimum Gasteiger partial charge on any atom is -0.363 e. The molecule has 0 bridgehead atoms. The average Bonchev–Trinajstić information content (AvgIpc) is 2.96. The van der Waals surface area contributed by atoms with Gasteiger partial charge in [0.2, 0.25) is 5.82 Å². The summed E-state index contributed by atoms with van der Waals surface area (Å²) in [6, 6.07) is 12.5. The van der Waals surface area contributed by atoms with Crippen molar-refractivity contribution in [1.82, 2.24) is 14.8 Å². The largest absolute Gasteiger partial charge is 0.363 e. The van der Waals surface area contributed by atoms with Crippen LogP contribution in [0.2, 0.25) is 10.0 Å². The number of benzene rings is 2. The van der Waals surface area contributed by atoms with E-state index in [2.05, 4.69) is 26.0 Å². The summed E-state index contributed by atoms with van der Waals surface area (Å²) >= 11 is 15.4. The molecular formula is C15H9BrCl2N4O. The summed E-state index contributed by atoms with van der Waals surface area (Å²) in [5, 5.41) is 4.97. The minimum atomic E-state index is -0.706. The normalized spacial score (nSPS) is 10.7. The fourth-order valence-electron chi connectivity index (χ4n) is 2.00. The molecule has 0 radical (unpaired) electrons. The summed E-state index contributed by atoms with van der Waals surface area (Å²) in [5.41, 5.74) is 6.70. The fourth-order valence-corrected chi connectivity index (χ4v) is 2.56. The number of nitrogens with zero attached hydrogens (tertiary/aromatic N) is 3. The zero-order valence-corrected chi connectivity index (χ0v) is 14.6. The molecule has 5 nitrogen and oxygen atoms in total. The molecule has 0 saturated carbocycles. The van der Waals surface area contributed by atoms with Crippen LogP contribution in [0.5, 0.6) is 0 Å². The molecule has 0 spiro atoms. The van der Waals surface area contributed by atoms with Crippen LogP contribution in [0.3, 0.4) is 0 Å². The van der Waals surface area contributed by atoms with Gasteiger partial charge in [-0.15, -0.1) is 5.10 Å². The number of hydrogen-bond acceptors (Lipinski definition) is 3. The standard InChI is InChI=1S/C15H9BrCl2N4O/c16-9-3-1-8(2-4-9)15-20-14(13(19)23)21-22(15)10-5-6-11(17)12(18)7-10/h1-7H,(H2,19,23). The van der Waals surface area contributed by atoms with Crippen LogP contribution in [0.25, 0.3) is 17.1 Å². The van der Waals surface area contributed by atoms with Crippen molar-refractivity contribution in [1.29, 1.82) is 0 Å². The Hall–Kier alpha value is -1.89. The van der Waals surface area contributed by atoms with Gasteiger partial charge in [0.1, 0.15) is 0 Å². The van der Waals surface area contributed by atoms with Gasteiger partial charge in [-0.2, -0.15) is 0 Å². The Balaban J connectivity index is 2.20. The summed E-state index contributed by atoms with van der Waals surface area (Å²) in [6.07, 6.45) is 0. The maximum atomic E-state index is 11.4. The fraction of sp³-hybridized carbons (Fsp3) is 0. The van der Waals surface area contributed by atoms with E-state index in [0.717, 1.165) is 10.0 Å². The van der Waals surface area contributed by atoms with Gasteiger partial charge in [-0.3, -0.25) is 4.79 Å². The highest BCUT2D eigenvalue weighted by Crippen LogP contribution is 2.27. The van der Waals surface area contributed by atoms with Crippen LogP contribution < -0.4 is 5.73 Å². The summed E-state index contributed by atoms with van der Waals surface area (Å²) < 4.78 is 2.43. The van der Waals surface area contributed by atoms with Crippen molar-refractivity contribution in [3.63, 3.8) is 0 Å². The van der Waals surface area contributed by atoms with Crippen molar-refractivity contribution in [2.45, 2.75) is 0 Å². The van der Waals surface area contributed by atoms with Gasteiger partial charge in [-0.1, -0.05) is 51.3 Å². The summed E-state index contributed by atoms with van der Waals surface area (Å²) in [5.74, 6) is -0.305. The number of carbonyl (C=O) groups excluding carboxylic acids is 1. The SMILES string of the molecule is NC(=O)c1nc(-c2ccc(Br)cc2)n(-c2ccc(Cl)c(Cl)c2)n1. The molecule has 0 aliphatic carbocycles. The van der Waals surface area contributed by atoms with E-state index in [1.807, 2.05) is 24.3 Å². The highest BCUT2D eigenvalue weighted by molar-refractivity contribution is 9.10. The van der Waals surface area contributed by atoms with Crippen molar-refractivity contribution < 1.29 is 4.79 Å². The molecule has 1 aromatic heterocycles. The minimum absolute atomic E-state index is 0.0750. The summed E-state index contributed by atoms with van der Waals surface area (Å²) in [4.78, 5) is 15.7. The number of aromatic nitrogens is 3. The van der Waals surface area contributed by atoms with Crippen LogP contribution in [0, 0.1) is 0 Å². The van der Waals surface area contributed by atoms with Crippen LogP contribution in [0.1, 0.15) is 10.6 Å². The van der Waals surface area contributed by atoms with E-state index in [4.69, 9.17) is 28.9 Å². The number of rotatable bonds is 3. The summed E-state index contributed by atoms with van der Waals surface area (Å²) in [7, 11) is 0. The van der Waals surface area contributed by atoms with Gasteiger partial charge in [0, 0.05) is 10.0 Å². The first-order chi connectivity index (χ1) is 11.0. The summed E-state index contributed by atoms with van der Waals surface area (Å²) in [6.45, 7) is 0. The van der Waals surface area contributed by atoms with Gasteiger partial charge in [0.15, 0.2) is 5.82 Å². The van der Waals surface area contributed by atoms with Crippen molar-refractivity contribution in [3.05, 3.63) is 62.8 Å². The lowest BCUT2D eigenvalue weighted by atomic mass is 10.2. The maximum absolute atomic E-state index is 11.4. The zero-order valence-electron chi connectivity index (χ0n) is 11.5. The molecule has 2 aromatic carbocycles. The van der Waals surface area contributed by atoms with E-state index in [-0.39, 0.29) is 5.82 Å². The lowest BCUT2D eigenvalue weighted by Crippen LogP contribution is -2.13. The zero-order chi connectivity index (χ0) is 16.6. The molecule has 0 unspecified atom stereocenters. The Bertz CT molecular complexity index is 893. The molecular weight excluding hydrogens is 403 g/mol. The van der Waals surface area contributed by atoms with Crippen LogP contribution >= 0.6 is 39.1 Å². The van der Waals surface area contributed by atoms with E-state index in [1.165, 1.54) is 4.68 Å². The van der Waals surface area contributed by atoms with Crippen molar-refractivity contribution >= 4 is 45.0 Å². The molecule has 2 N–H and O–H groups in total. The lowest BCUT2D eigenvalue weighted by molar-refractivity contribution is 0.0990. The highest BCUT2D eigenvalue weighted by Gasteiger charge is 2.17. The molecule has 0 saturated heterocycles. The second kappa shape index (κ2) is 6.31. The van der Waals surface area contributed by atoms with Gasteiger partial charge in [0.05, 0.1) is 15.7 Å². The number of carbonyl (C=O) groups is 1. The van der Waals surface area contributed by atoms with E-state index >= 15 is 0 Å². The first kappa shape index (κ1) is 16.0. The van der Waals surface area contributed by atoms with Crippen LogP contribution in [0.4, 0.5) is 0 Å². The van der Waals surface area contributed by atoms with Crippen LogP contribution in [-0.2, 0) is 0 Å². The van der Waals surface area contributed by atoms with Gasteiger partial charge in [-0.25, -0.2) is 9.67 Å². The van der Waals surface area contributed by atoms with E-state index in [9.17, 15) is 4.79 Å². The third-order valence-electron chi connectivity index (χ3n) is 3.08. The second-order valence-corrected chi connectivity index (χ2v) is 6.37. The average molecular weight is 412 g/mol. The van der Waals surface area contributed by atoms with Crippen LogP contribution in [-0.4, -0.2) is 20.7 Å². The molecule has 8 heteroatoms. The Kier molecular flexibility index (Phi) is 4.39. The molecule has 3 rings (SSSR count). The third kappa shape index (κ3) is 3.24. The molecule has 0 aliphatic heterocycles. The van der Waals surface area contributed by atoms with E-state index in [1.54, 1.807) is 18.2 Å². The number of nitrogens with two attached hydrogens (primary N) is 1. The molecule has 23 heavy (non-hydrogen) atoms. The monoisotopic (exact) mass is 410 g/mol. The van der Waals surface area contributed by atoms with Crippen LogP contribution in [0.15, 0.2) is 46.9 Å². The van der Waals surface area contributed by atoms with Gasteiger partial charge in [0.25, 0.3) is 5.91 Å². The Morgan fingerprint density at radius 3 is 2.39 bits per heavy atom. The Morgan fingerprint density at radius 1 is 1.09 bits per heavy atom. The van der Waals surface area contributed by atoms with Crippen molar-refractivity contribution in [3.8, 4) is 17.1 Å². The molecule has 0 aliphatic rings. The molecule has 116 valence electrons. The topological polar surface area (TPSA) is 73.8 Å². The molecule has 0 atom stereocenters. The van der Waals surface area contributed by atoms with E-state index in [0.29, 0.717) is 21.6 Å². The quantitative estimate of drug-likeness (QED) is 0.704. The third-order valence-corrected chi connectivity index (χ3v) is 4.35. The molecule has 1 amide bonds. The number of hydrogen-bond donors (Lipinski definition) is 1. The molecule has 3 aromatic rings. The predicted octanol–water partition coefficient (Wildman–Crippen LogP) is 4.10. The maximum Gasteiger partial charge on any atom is 0.288 e. The number of amides is 1. The number of primary amides is 1. The van der Waals surface area contributed by atoms with Crippen molar-refractivity contribution in [2.24, 2.45) is 5.73 Å². The highest BCUT2D eigenvalue weighted by atomic mass is 79.9. The van der Waals surface area contributed by atoms with Gasteiger partial charge in [-0.05, 0) is 30.3 Å². The Labute approximate surface area is 150 Å². The lowest BCUT2D eigenvalue weighted by Gasteiger charge is -2.07. The first-order valence-electron chi connectivity index (χ1n) is 6.44.